The third kappa shape index (κ3) is 1.76. The quantitative estimate of drug-likeness (QED) is 0.644. The van der Waals surface area contributed by atoms with Crippen LogP contribution in [-0.4, -0.2) is 21.1 Å². The second kappa shape index (κ2) is 3.99. The van der Waals surface area contributed by atoms with E-state index in [9.17, 15) is 20.0 Å². The van der Waals surface area contributed by atoms with Crippen LogP contribution in [0.4, 0.5) is 5.69 Å². The fourth-order valence-electron chi connectivity index (χ4n) is 2.09. The largest absolute Gasteiger partial charge is 0.501 e. The Kier molecular flexibility index (Phi) is 2.78. The molecule has 0 aliphatic heterocycles. The van der Waals surface area contributed by atoms with Crippen LogP contribution in [0.1, 0.15) is 23.5 Å². The Labute approximate surface area is 104 Å². The third-order valence-corrected chi connectivity index (χ3v) is 3.76. The van der Waals surface area contributed by atoms with E-state index in [1.54, 1.807) is 0 Å². The normalized spacial score (nSPS) is 17.8. The van der Waals surface area contributed by atoms with Gasteiger partial charge in [-0.25, -0.2) is 0 Å². The molecule has 0 saturated carbocycles. The minimum atomic E-state index is -1.00. The number of nitro benzene ring substituents is 1. The number of benzene rings is 1. The Morgan fingerprint density at radius 2 is 2.24 bits per heavy atom. The molecule has 0 spiro atoms. The van der Waals surface area contributed by atoms with Crippen LogP contribution < -0.4 is 0 Å². The molecule has 7 heteroatoms. The standard InChI is InChI=1S/C10H8BrNO5/c11-8-4-1-2-5(10(14)15)6(4)3-7(9(8)13)12(16)17/h3,5,13H,1-2H2,(H,14,15). The Balaban J connectivity index is 2.65. The summed E-state index contributed by atoms with van der Waals surface area (Å²) in [5, 5.41) is 29.4. The number of aliphatic carboxylic acids is 1. The minimum absolute atomic E-state index is 0.227. The Morgan fingerprint density at radius 3 is 2.76 bits per heavy atom. The molecule has 17 heavy (non-hydrogen) atoms. The smallest absolute Gasteiger partial charge is 0.312 e. The summed E-state index contributed by atoms with van der Waals surface area (Å²) in [6.45, 7) is 0. The molecule has 0 aromatic heterocycles. The first-order valence-electron chi connectivity index (χ1n) is 4.85. The fourth-order valence-corrected chi connectivity index (χ4v) is 2.72. The van der Waals surface area contributed by atoms with Crippen LogP contribution in [0.5, 0.6) is 5.75 Å². The second-order valence-corrected chi connectivity index (χ2v) is 4.61. The highest BCUT2D eigenvalue weighted by Crippen LogP contribution is 2.45. The number of rotatable bonds is 2. The summed E-state index contributed by atoms with van der Waals surface area (Å²) >= 11 is 3.08. The highest BCUT2D eigenvalue weighted by molar-refractivity contribution is 9.10. The number of hydrogen-bond donors (Lipinski definition) is 2. The van der Waals surface area contributed by atoms with E-state index in [2.05, 4.69) is 15.9 Å². The van der Waals surface area contributed by atoms with Crippen molar-refractivity contribution < 1.29 is 19.9 Å². The maximum absolute atomic E-state index is 11.0. The van der Waals surface area contributed by atoms with Gasteiger partial charge in [0.05, 0.1) is 15.3 Å². The van der Waals surface area contributed by atoms with Crippen molar-refractivity contribution in [1.82, 2.24) is 0 Å². The summed E-state index contributed by atoms with van der Waals surface area (Å²) in [6.07, 6.45) is 0.877. The summed E-state index contributed by atoms with van der Waals surface area (Å²) in [5.41, 5.74) is 0.582. The molecule has 1 aromatic carbocycles. The van der Waals surface area contributed by atoms with Crippen LogP contribution in [-0.2, 0) is 11.2 Å². The van der Waals surface area contributed by atoms with Crippen molar-refractivity contribution in [3.05, 3.63) is 31.8 Å². The molecule has 0 heterocycles. The number of carboxylic acids is 1. The Bertz CT molecular complexity index is 528. The van der Waals surface area contributed by atoms with E-state index in [1.165, 1.54) is 0 Å². The van der Waals surface area contributed by atoms with Gasteiger partial charge >= 0.3 is 11.7 Å². The van der Waals surface area contributed by atoms with Gasteiger partial charge in [0.1, 0.15) is 0 Å². The summed E-state index contributed by atoms with van der Waals surface area (Å²) in [7, 11) is 0. The first-order chi connectivity index (χ1) is 7.93. The lowest BCUT2D eigenvalue weighted by molar-refractivity contribution is -0.386. The van der Waals surface area contributed by atoms with Crippen molar-refractivity contribution in [3.8, 4) is 5.75 Å². The molecule has 0 radical (unpaired) electrons. The van der Waals surface area contributed by atoms with Crippen LogP contribution in [0, 0.1) is 10.1 Å². The number of carbonyl (C=O) groups is 1. The number of hydrogen-bond acceptors (Lipinski definition) is 4. The summed E-state index contributed by atoms with van der Waals surface area (Å²) in [5.74, 6) is -2.18. The lowest BCUT2D eigenvalue weighted by Gasteiger charge is -2.08. The van der Waals surface area contributed by atoms with Gasteiger partial charge in [-0.05, 0) is 39.9 Å². The van der Waals surface area contributed by atoms with Crippen LogP contribution in [0.25, 0.3) is 0 Å². The van der Waals surface area contributed by atoms with Crippen LogP contribution in [0.15, 0.2) is 10.5 Å². The number of nitro groups is 1. The zero-order chi connectivity index (χ0) is 12.7. The van der Waals surface area contributed by atoms with Crippen LogP contribution >= 0.6 is 15.9 Å². The molecule has 1 unspecified atom stereocenters. The molecule has 2 rings (SSSR count). The van der Waals surface area contributed by atoms with Crippen molar-refractivity contribution in [2.24, 2.45) is 0 Å². The maximum atomic E-state index is 11.0. The van der Waals surface area contributed by atoms with Gasteiger partial charge in [0.25, 0.3) is 0 Å². The topological polar surface area (TPSA) is 101 Å². The highest BCUT2D eigenvalue weighted by atomic mass is 79.9. The molecule has 1 atom stereocenters. The van der Waals surface area contributed by atoms with Gasteiger partial charge in [0.2, 0.25) is 5.75 Å². The van der Waals surface area contributed by atoms with Gasteiger partial charge in [-0.15, -0.1) is 0 Å². The molecular weight excluding hydrogens is 294 g/mol. The SMILES string of the molecule is O=C(O)C1CCc2c1cc([N+](=O)[O-])c(O)c2Br. The van der Waals surface area contributed by atoms with Gasteiger partial charge in [-0.3, -0.25) is 14.9 Å². The molecule has 6 nitrogen and oxygen atoms in total. The van der Waals surface area contributed by atoms with E-state index in [0.29, 0.717) is 24.0 Å². The minimum Gasteiger partial charge on any atom is -0.501 e. The van der Waals surface area contributed by atoms with Gasteiger partial charge in [0, 0.05) is 6.07 Å². The Morgan fingerprint density at radius 1 is 1.59 bits per heavy atom. The molecule has 90 valence electrons. The van der Waals surface area contributed by atoms with Crippen LogP contribution in [0.2, 0.25) is 0 Å². The van der Waals surface area contributed by atoms with Gasteiger partial charge in [-0.1, -0.05) is 0 Å². The number of phenols is 1. The first kappa shape index (κ1) is 11.8. The number of nitrogens with zero attached hydrogens (tertiary/aromatic N) is 1. The summed E-state index contributed by atoms with van der Waals surface area (Å²) in [4.78, 5) is 21.0. The average Bonchev–Trinajstić information content (AvgIpc) is 2.66. The number of aromatic hydroxyl groups is 1. The van der Waals surface area contributed by atoms with Crippen molar-refractivity contribution >= 4 is 27.6 Å². The van der Waals surface area contributed by atoms with E-state index in [0.717, 1.165) is 6.07 Å². The molecule has 2 N–H and O–H groups in total. The molecule has 0 saturated heterocycles. The lowest BCUT2D eigenvalue weighted by Crippen LogP contribution is -2.08. The van der Waals surface area contributed by atoms with E-state index in [-0.39, 0.29) is 4.47 Å². The van der Waals surface area contributed by atoms with E-state index < -0.39 is 28.2 Å². The van der Waals surface area contributed by atoms with E-state index >= 15 is 0 Å². The van der Waals surface area contributed by atoms with Crippen molar-refractivity contribution in [2.45, 2.75) is 18.8 Å². The molecular formula is C10H8BrNO5. The van der Waals surface area contributed by atoms with Gasteiger partial charge < -0.3 is 10.2 Å². The number of carboxylic acid groups (broad SMARTS) is 1. The van der Waals surface area contributed by atoms with Crippen molar-refractivity contribution in [2.75, 3.05) is 0 Å². The lowest BCUT2D eigenvalue weighted by atomic mass is 10.0. The van der Waals surface area contributed by atoms with Gasteiger partial charge in [0.15, 0.2) is 0 Å². The summed E-state index contributed by atoms with van der Waals surface area (Å²) < 4.78 is 0.227. The van der Waals surface area contributed by atoms with Gasteiger partial charge in [-0.2, -0.15) is 0 Å². The average molecular weight is 302 g/mol. The van der Waals surface area contributed by atoms with Crippen molar-refractivity contribution in [1.29, 1.82) is 0 Å². The fraction of sp³-hybridized carbons (Fsp3) is 0.300. The molecule has 0 fully saturated rings. The maximum Gasteiger partial charge on any atom is 0.312 e. The van der Waals surface area contributed by atoms with Crippen molar-refractivity contribution in [3.63, 3.8) is 0 Å². The molecule has 1 aliphatic carbocycles. The van der Waals surface area contributed by atoms with E-state index in [1.807, 2.05) is 0 Å². The monoisotopic (exact) mass is 301 g/mol. The zero-order valence-electron chi connectivity index (χ0n) is 8.51. The summed E-state index contributed by atoms with van der Waals surface area (Å²) in [6, 6.07) is 1.15. The second-order valence-electron chi connectivity index (χ2n) is 3.81. The molecule has 0 bridgehead atoms. The third-order valence-electron chi connectivity index (χ3n) is 2.91. The highest BCUT2D eigenvalue weighted by Gasteiger charge is 2.34. The predicted octanol–water partition coefficient (Wildman–Crippen LogP) is 2.18. The number of halogens is 1. The Hall–Kier alpha value is -1.63. The first-order valence-corrected chi connectivity index (χ1v) is 5.64. The molecule has 1 aromatic rings. The number of fused-ring (bicyclic) bond motifs is 1. The number of phenolic OH excluding ortho intramolecular Hbond substituents is 1. The van der Waals surface area contributed by atoms with E-state index in [4.69, 9.17) is 5.11 Å². The zero-order valence-corrected chi connectivity index (χ0v) is 10.1. The predicted molar refractivity (Wildman–Crippen MR) is 61.2 cm³/mol. The molecule has 0 amide bonds. The van der Waals surface area contributed by atoms with Crippen LogP contribution in [0.3, 0.4) is 0 Å². The molecule has 1 aliphatic rings.